The summed E-state index contributed by atoms with van der Waals surface area (Å²) in [4.78, 5) is 8.21. The molecule has 0 aliphatic heterocycles. The second-order valence-corrected chi connectivity index (χ2v) is 4.95. The summed E-state index contributed by atoms with van der Waals surface area (Å²) in [6, 6.07) is -0.144. The van der Waals surface area contributed by atoms with Crippen LogP contribution in [0, 0.1) is 0 Å². The van der Waals surface area contributed by atoms with E-state index in [0.29, 0.717) is 17.6 Å². The molecular weight excluding hydrogens is 256 g/mol. The fourth-order valence-corrected chi connectivity index (χ4v) is 1.73. The maximum absolute atomic E-state index is 5.63. The van der Waals surface area contributed by atoms with Gasteiger partial charge in [0.25, 0.3) is 0 Å². The normalized spacial score (nSPS) is 12.7. The number of anilines is 2. The molecular formula is C13H20N6O. The van der Waals surface area contributed by atoms with Gasteiger partial charge in [0, 0.05) is 17.7 Å². The standard InChI is InChI=1S/C13H20N6O/c1-5-9-6-15-13(14)17-10(9)16-8(4)12-19-18-11(20-12)7(2)3/h6-8H,5H2,1-4H3,(H3,14,15,16,17). The molecule has 0 aromatic carbocycles. The van der Waals surface area contributed by atoms with Crippen molar-refractivity contribution in [3.05, 3.63) is 23.5 Å². The zero-order valence-corrected chi connectivity index (χ0v) is 12.2. The van der Waals surface area contributed by atoms with Gasteiger partial charge in [0.2, 0.25) is 17.7 Å². The minimum Gasteiger partial charge on any atom is -0.423 e. The highest BCUT2D eigenvalue weighted by molar-refractivity contribution is 5.46. The summed E-state index contributed by atoms with van der Waals surface area (Å²) in [6.07, 6.45) is 2.54. The molecule has 2 aromatic heterocycles. The predicted molar refractivity (Wildman–Crippen MR) is 76.2 cm³/mol. The van der Waals surface area contributed by atoms with Gasteiger partial charge in [-0.15, -0.1) is 10.2 Å². The maximum atomic E-state index is 5.63. The van der Waals surface area contributed by atoms with Gasteiger partial charge < -0.3 is 15.5 Å². The Morgan fingerprint density at radius 2 is 1.95 bits per heavy atom. The van der Waals surface area contributed by atoms with E-state index in [1.165, 1.54) is 0 Å². The van der Waals surface area contributed by atoms with Crippen LogP contribution in [-0.4, -0.2) is 20.2 Å². The van der Waals surface area contributed by atoms with Gasteiger partial charge in [0.05, 0.1) is 0 Å². The first-order valence-corrected chi connectivity index (χ1v) is 6.72. The van der Waals surface area contributed by atoms with E-state index in [9.17, 15) is 0 Å². The third-order valence-electron chi connectivity index (χ3n) is 2.94. The van der Waals surface area contributed by atoms with Crippen LogP contribution in [0.3, 0.4) is 0 Å². The van der Waals surface area contributed by atoms with Gasteiger partial charge in [0.1, 0.15) is 11.9 Å². The molecule has 0 aliphatic rings. The van der Waals surface area contributed by atoms with Crippen LogP contribution in [0.25, 0.3) is 0 Å². The smallest absolute Gasteiger partial charge is 0.238 e. The number of hydrogen-bond donors (Lipinski definition) is 2. The van der Waals surface area contributed by atoms with E-state index in [-0.39, 0.29) is 17.9 Å². The third kappa shape index (κ3) is 3.04. The van der Waals surface area contributed by atoms with E-state index < -0.39 is 0 Å². The van der Waals surface area contributed by atoms with Crippen molar-refractivity contribution in [2.75, 3.05) is 11.1 Å². The molecule has 108 valence electrons. The number of aryl methyl sites for hydroxylation is 1. The molecule has 1 unspecified atom stereocenters. The summed E-state index contributed by atoms with van der Waals surface area (Å²) >= 11 is 0. The van der Waals surface area contributed by atoms with Gasteiger partial charge in [-0.3, -0.25) is 0 Å². The Morgan fingerprint density at radius 1 is 1.25 bits per heavy atom. The number of nitrogens with two attached hydrogens (primary N) is 1. The molecule has 0 saturated carbocycles. The number of hydrogen-bond acceptors (Lipinski definition) is 7. The summed E-state index contributed by atoms with van der Waals surface area (Å²) in [5.74, 6) is 2.32. The molecule has 0 spiro atoms. The number of nitrogens with one attached hydrogen (secondary N) is 1. The lowest BCUT2D eigenvalue weighted by Gasteiger charge is -2.13. The first-order valence-electron chi connectivity index (χ1n) is 6.72. The first-order chi connectivity index (χ1) is 9.51. The van der Waals surface area contributed by atoms with Crippen molar-refractivity contribution in [1.29, 1.82) is 0 Å². The minimum absolute atomic E-state index is 0.144. The molecule has 2 heterocycles. The molecule has 0 bridgehead atoms. The largest absolute Gasteiger partial charge is 0.423 e. The highest BCUT2D eigenvalue weighted by Crippen LogP contribution is 2.22. The van der Waals surface area contributed by atoms with Crippen LogP contribution in [0.1, 0.15) is 57.0 Å². The molecule has 0 radical (unpaired) electrons. The van der Waals surface area contributed by atoms with Crippen molar-refractivity contribution < 1.29 is 4.42 Å². The molecule has 0 aliphatic carbocycles. The van der Waals surface area contributed by atoms with Gasteiger partial charge in [-0.2, -0.15) is 4.98 Å². The van der Waals surface area contributed by atoms with Crippen molar-refractivity contribution >= 4 is 11.8 Å². The monoisotopic (exact) mass is 276 g/mol. The van der Waals surface area contributed by atoms with Crippen LogP contribution in [0.4, 0.5) is 11.8 Å². The van der Waals surface area contributed by atoms with Gasteiger partial charge >= 0.3 is 0 Å². The zero-order valence-electron chi connectivity index (χ0n) is 12.2. The number of rotatable bonds is 5. The summed E-state index contributed by atoms with van der Waals surface area (Å²) in [5.41, 5.74) is 6.62. The van der Waals surface area contributed by atoms with Crippen LogP contribution in [0.5, 0.6) is 0 Å². The van der Waals surface area contributed by atoms with Crippen molar-refractivity contribution in [1.82, 2.24) is 20.2 Å². The highest BCUT2D eigenvalue weighted by atomic mass is 16.4. The number of nitrogens with zero attached hydrogens (tertiary/aromatic N) is 4. The Morgan fingerprint density at radius 3 is 2.55 bits per heavy atom. The Bertz CT molecular complexity index is 580. The van der Waals surface area contributed by atoms with Gasteiger partial charge in [-0.05, 0) is 13.3 Å². The van der Waals surface area contributed by atoms with Gasteiger partial charge in [-0.1, -0.05) is 20.8 Å². The Hall–Kier alpha value is -2.18. The van der Waals surface area contributed by atoms with Crippen LogP contribution in [0.15, 0.2) is 10.6 Å². The average molecular weight is 276 g/mol. The van der Waals surface area contributed by atoms with Crippen LogP contribution < -0.4 is 11.1 Å². The topological polar surface area (TPSA) is 103 Å². The second kappa shape index (κ2) is 5.85. The van der Waals surface area contributed by atoms with Crippen molar-refractivity contribution in [3.63, 3.8) is 0 Å². The Labute approximate surface area is 118 Å². The predicted octanol–water partition coefficient (Wildman–Crippen LogP) is 2.30. The Kier molecular flexibility index (Phi) is 4.16. The SMILES string of the molecule is CCc1cnc(N)nc1NC(C)c1nnc(C(C)C)o1. The lowest BCUT2D eigenvalue weighted by atomic mass is 10.2. The quantitative estimate of drug-likeness (QED) is 0.863. The van der Waals surface area contributed by atoms with E-state index in [0.717, 1.165) is 12.0 Å². The van der Waals surface area contributed by atoms with Crippen LogP contribution >= 0.6 is 0 Å². The van der Waals surface area contributed by atoms with Crippen molar-refractivity contribution in [2.45, 2.75) is 46.1 Å². The lowest BCUT2D eigenvalue weighted by Crippen LogP contribution is -2.12. The van der Waals surface area contributed by atoms with Crippen molar-refractivity contribution in [3.8, 4) is 0 Å². The Balaban J connectivity index is 2.18. The summed E-state index contributed by atoms with van der Waals surface area (Å²) in [5, 5.41) is 11.3. The summed E-state index contributed by atoms with van der Waals surface area (Å²) in [7, 11) is 0. The molecule has 2 rings (SSSR count). The third-order valence-corrected chi connectivity index (χ3v) is 2.94. The summed E-state index contributed by atoms with van der Waals surface area (Å²) in [6.45, 7) is 8.00. The zero-order chi connectivity index (χ0) is 14.7. The lowest BCUT2D eigenvalue weighted by molar-refractivity contribution is 0.419. The second-order valence-electron chi connectivity index (χ2n) is 4.95. The average Bonchev–Trinajstić information content (AvgIpc) is 2.89. The van der Waals surface area contributed by atoms with Gasteiger partial charge in [0.15, 0.2) is 0 Å². The minimum atomic E-state index is -0.144. The molecule has 2 aromatic rings. The molecule has 0 fully saturated rings. The van der Waals surface area contributed by atoms with E-state index in [4.69, 9.17) is 10.2 Å². The number of nitrogen functional groups attached to an aromatic ring is 1. The number of aromatic nitrogens is 4. The molecule has 3 N–H and O–H groups in total. The maximum Gasteiger partial charge on any atom is 0.238 e. The van der Waals surface area contributed by atoms with E-state index in [1.807, 2.05) is 27.7 Å². The van der Waals surface area contributed by atoms with E-state index >= 15 is 0 Å². The molecule has 0 saturated heterocycles. The van der Waals surface area contributed by atoms with Crippen LogP contribution in [-0.2, 0) is 6.42 Å². The van der Waals surface area contributed by atoms with E-state index in [2.05, 4.69) is 25.5 Å². The molecule has 7 nitrogen and oxygen atoms in total. The first kappa shape index (κ1) is 14.2. The van der Waals surface area contributed by atoms with Crippen LogP contribution in [0.2, 0.25) is 0 Å². The molecule has 0 amide bonds. The van der Waals surface area contributed by atoms with Crippen molar-refractivity contribution in [2.24, 2.45) is 0 Å². The fourth-order valence-electron chi connectivity index (χ4n) is 1.73. The van der Waals surface area contributed by atoms with E-state index in [1.54, 1.807) is 6.20 Å². The molecule has 1 atom stereocenters. The molecule has 7 heteroatoms. The fraction of sp³-hybridized carbons (Fsp3) is 0.538. The highest BCUT2D eigenvalue weighted by Gasteiger charge is 2.17. The molecule has 20 heavy (non-hydrogen) atoms. The summed E-state index contributed by atoms with van der Waals surface area (Å²) < 4.78 is 5.62. The van der Waals surface area contributed by atoms with Gasteiger partial charge in [-0.25, -0.2) is 4.98 Å².